The van der Waals surface area contributed by atoms with Crippen LogP contribution in [0.5, 0.6) is 0 Å². The van der Waals surface area contributed by atoms with Crippen molar-refractivity contribution in [3.8, 4) is 0 Å². The summed E-state index contributed by atoms with van der Waals surface area (Å²) in [6.45, 7) is 5.53. The number of halogens is 1. The van der Waals surface area contributed by atoms with E-state index in [1.807, 2.05) is 19.3 Å². The standard InChI is InChI=1S/C23H34N4O.HI/c1-3-28-17-14-23(12-4-5-13-23)18-27-22(24-2)26-16-11-20-9-6-8-19-10-7-15-25-21(19)20;/h6-10,15H,3-5,11-14,16-18H2,1-2H3,(H2,24,26,27);1H. The molecule has 2 aromatic rings. The topological polar surface area (TPSA) is 58.5 Å². The smallest absolute Gasteiger partial charge is 0.191 e. The monoisotopic (exact) mass is 510 g/mol. The van der Waals surface area contributed by atoms with Gasteiger partial charge in [0.15, 0.2) is 5.96 Å². The van der Waals surface area contributed by atoms with Crippen LogP contribution < -0.4 is 10.6 Å². The Bertz CT molecular complexity index is 769. The molecule has 1 aliphatic rings. The van der Waals surface area contributed by atoms with Gasteiger partial charge in [-0.15, -0.1) is 24.0 Å². The fraction of sp³-hybridized carbons (Fsp3) is 0.565. The molecule has 29 heavy (non-hydrogen) atoms. The molecule has 0 unspecified atom stereocenters. The zero-order chi connectivity index (χ0) is 19.7. The van der Waals surface area contributed by atoms with Crippen molar-refractivity contribution in [1.82, 2.24) is 15.6 Å². The summed E-state index contributed by atoms with van der Waals surface area (Å²) in [6.07, 6.45) is 9.14. The number of hydrogen-bond acceptors (Lipinski definition) is 3. The van der Waals surface area contributed by atoms with Crippen LogP contribution in [0.15, 0.2) is 41.5 Å². The average molecular weight is 510 g/mol. The molecule has 0 aliphatic heterocycles. The van der Waals surface area contributed by atoms with Crippen LogP contribution in [0.4, 0.5) is 0 Å². The fourth-order valence-corrected chi connectivity index (χ4v) is 4.25. The molecule has 0 saturated heterocycles. The number of para-hydroxylation sites is 1. The van der Waals surface area contributed by atoms with Gasteiger partial charge in [-0.05, 0) is 49.7 Å². The van der Waals surface area contributed by atoms with Crippen molar-refractivity contribution in [2.45, 2.75) is 45.4 Å². The highest BCUT2D eigenvalue weighted by Gasteiger charge is 2.33. The first-order valence-electron chi connectivity index (χ1n) is 10.6. The van der Waals surface area contributed by atoms with Crippen molar-refractivity contribution in [3.05, 3.63) is 42.1 Å². The second kappa shape index (κ2) is 12.3. The number of rotatable bonds is 9. The highest BCUT2D eigenvalue weighted by atomic mass is 127. The molecule has 1 fully saturated rings. The predicted octanol–water partition coefficient (Wildman–Crippen LogP) is 4.55. The maximum atomic E-state index is 5.62. The molecule has 0 amide bonds. The minimum atomic E-state index is 0. The fourth-order valence-electron chi connectivity index (χ4n) is 4.25. The van der Waals surface area contributed by atoms with Crippen LogP contribution in [0.25, 0.3) is 10.9 Å². The van der Waals surface area contributed by atoms with Gasteiger partial charge in [0.1, 0.15) is 0 Å². The lowest BCUT2D eigenvalue weighted by Crippen LogP contribution is -2.44. The summed E-state index contributed by atoms with van der Waals surface area (Å²) >= 11 is 0. The van der Waals surface area contributed by atoms with Crippen molar-refractivity contribution < 1.29 is 4.74 Å². The molecule has 1 saturated carbocycles. The van der Waals surface area contributed by atoms with Crippen LogP contribution in [0.3, 0.4) is 0 Å². The first-order valence-corrected chi connectivity index (χ1v) is 10.6. The van der Waals surface area contributed by atoms with E-state index in [4.69, 9.17) is 4.74 Å². The Morgan fingerprint density at radius 1 is 1.17 bits per heavy atom. The average Bonchev–Trinajstić information content (AvgIpc) is 3.20. The van der Waals surface area contributed by atoms with Gasteiger partial charge in [0.25, 0.3) is 0 Å². The lowest BCUT2D eigenvalue weighted by atomic mass is 9.83. The van der Waals surface area contributed by atoms with Crippen molar-refractivity contribution in [1.29, 1.82) is 0 Å². The summed E-state index contributed by atoms with van der Waals surface area (Å²) in [5, 5.41) is 8.24. The molecule has 1 heterocycles. The molecule has 1 aromatic carbocycles. The van der Waals surface area contributed by atoms with Gasteiger partial charge in [-0.1, -0.05) is 37.1 Å². The Morgan fingerprint density at radius 2 is 1.97 bits per heavy atom. The zero-order valence-electron chi connectivity index (χ0n) is 17.7. The number of guanidine groups is 1. The van der Waals surface area contributed by atoms with Gasteiger partial charge in [-0.25, -0.2) is 0 Å². The molecule has 2 N–H and O–H groups in total. The van der Waals surface area contributed by atoms with Crippen LogP contribution in [-0.4, -0.2) is 44.3 Å². The van der Waals surface area contributed by atoms with Crippen LogP contribution >= 0.6 is 24.0 Å². The minimum absolute atomic E-state index is 0. The Morgan fingerprint density at radius 3 is 2.72 bits per heavy atom. The molecule has 5 nitrogen and oxygen atoms in total. The quantitative estimate of drug-likeness (QED) is 0.225. The molecule has 3 rings (SSSR count). The van der Waals surface area contributed by atoms with E-state index >= 15 is 0 Å². The number of hydrogen-bond donors (Lipinski definition) is 2. The maximum Gasteiger partial charge on any atom is 0.191 e. The molecule has 1 aliphatic carbocycles. The minimum Gasteiger partial charge on any atom is -0.382 e. The van der Waals surface area contributed by atoms with Crippen molar-refractivity contribution in [2.75, 3.05) is 33.4 Å². The Balaban J connectivity index is 0.00000300. The molecule has 6 heteroatoms. The van der Waals surface area contributed by atoms with Crippen LogP contribution in [0.1, 0.15) is 44.6 Å². The van der Waals surface area contributed by atoms with Gasteiger partial charge in [0, 0.05) is 44.9 Å². The largest absolute Gasteiger partial charge is 0.382 e. The van der Waals surface area contributed by atoms with Gasteiger partial charge >= 0.3 is 0 Å². The maximum absolute atomic E-state index is 5.62. The zero-order valence-corrected chi connectivity index (χ0v) is 20.1. The molecule has 0 bridgehead atoms. The molecule has 1 aromatic heterocycles. The van der Waals surface area contributed by atoms with Crippen molar-refractivity contribution in [2.24, 2.45) is 10.4 Å². The SMILES string of the molecule is CCOCCC1(CNC(=NC)NCCc2cccc3cccnc23)CCCC1.I. The van der Waals surface area contributed by atoms with E-state index in [0.29, 0.717) is 5.41 Å². The van der Waals surface area contributed by atoms with Crippen molar-refractivity contribution >= 4 is 40.8 Å². The third-order valence-electron chi connectivity index (χ3n) is 5.90. The highest BCUT2D eigenvalue weighted by molar-refractivity contribution is 14.0. The van der Waals surface area contributed by atoms with Gasteiger partial charge in [-0.3, -0.25) is 9.98 Å². The van der Waals surface area contributed by atoms with E-state index in [1.165, 1.54) is 36.6 Å². The number of nitrogens with one attached hydrogen (secondary N) is 2. The summed E-state index contributed by atoms with van der Waals surface area (Å²) < 4.78 is 5.62. The van der Waals surface area contributed by atoms with Gasteiger partial charge in [-0.2, -0.15) is 0 Å². The Kier molecular flexibility index (Phi) is 10.1. The van der Waals surface area contributed by atoms with Crippen LogP contribution in [0.2, 0.25) is 0 Å². The third-order valence-corrected chi connectivity index (χ3v) is 5.90. The van der Waals surface area contributed by atoms with Gasteiger partial charge in [0.05, 0.1) is 5.52 Å². The molecule has 160 valence electrons. The van der Waals surface area contributed by atoms with E-state index in [-0.39, 0.29) is 24.0 Å². The van der Waals surface area contributed by atoms with Gasteiger partial charge in [0.2, 0.25) is 0 Å². The van der Waals surface area contributed by atoms with E-state index in [9.17, 15) is 0 Å². The summed E-state index contributed by atoms with van der Waals surface area (Å²) in [4.78, 5) is 8.96. The second-order valence-corrected chi connectivity index (χ2v) is 7.75. The normalized spacial score (nSPS) is 15.9. The number of nitrogens with zero attached hydrogens (tertiary/aromatic N) is 2. The molecule has 0 radical (unpaired) electrons. The third kappa shape index (κ3) is 6.81. The van der Waals surface area contributed by atoms with Crippen LogP contribution in [0, 0.1) is 5.41 Å². The van der Waals surface area contributed by atoms with E-state index < -0.39 is 0 Å². The van der Waals surface area contributed by atoms with E-state index in [2.05, 4.69) is 51.8 Å². The Labute approximate surface area is 192 Å². The Hall–Kier alpha value is -1.41. The van der Waals surface area contributed by atoms with E-state index in [0.717, 1.165) is 50.6 Å². The lowest BCUT2D eigenvalue weighted by Gasteiger charge is -2.30. The molecule has 0 atom stereocenters. The highest BCUT2D eigenvalue weighted by Crippen LogP contribution is 2.40. The lowest BCUT2D eigenvalue weighted by molar-refractivity contribution is 0.105. The number of aliphatic imine (C=N–C) groups is 1. The number of pyridine rings is 1. The molecular formula is C23H35IN4O. The number of benzene rings is 1. The first kappa shape index (κ1) is 23.9. The van der Waals surface area contributed by atoms with Crippen LogP contribution in [-0.2, 0) is 11.2 Å². The second-order valence-electron chi connectivity index (χ2n) is 7.75. The summed E-state index contributed by atoms with van der Waals surface area (Å²) in [6, 6.07) is 10.5. The number of fused-ring (bicyclic) bond motifs is 1. The summed E-state index contributed by atoms with van der Waals surface area (Å²) in [5.74, 6) is 0.885. The predicted molar refractivity (Wildman–Crippen MR) is 132 cm³/mol. The molecule has 0 spiro atoms. The molecular weight excluding hydrogens is 475 g/mol. The summed E-state index contributed by atoms with van der Waals surface area (Å²) in [7, 11) is 1.84. The number of ether oxygens (including phenoxy) is 1. The van der Waals surface area contributed by atoms with Gasteiger partial charge < -0.3 is 15.4 Å². The first-order chi connectivity index (χ1) is 13.8. The van der Waals surface area contributed by atoms with E-state index in [1.54, 1.807) is 0 Å². The number of aromatic nitrogens is 1. The summed E-state index contributed by atoms with van der Waals surface area (Å²) in [5.41, 5.74) is 2.72. The van der Waals surface area contributed by atoms with Crippen molar-refractivity contribution in [3.63, 3.8) is 0 Å².